The molecule has 9 heteroatoms. The molecule has 3 N–H and O–H groups in total. The fraction of sp³-hybridized carbons (Fsp3) is 0.615. The van der Waals surface area contributed by atoms with Crippen molar-refractivity contribution >= 4 is 5.91 Å². The van der Waals surface area contributed by atoms with Crippen LogP contribution in [0.1, 0.15) is 30.6 Å². The third kappa shape index (κ3) is 3.02. The lowest BCUT2D eigenvalue weighted by Crippen LogP contribution is -2.42. The quantitative estimate of drug-likeness (QED) is 0.714. The van der Waals surface area contributed by atoms with Gasteiger partial charge in [0.15, 0.2) is 17.7 Å². The van der Waals surface area contributed by atoms with Crippen molar-refractivity contribution in [3.63, 3.8) is 0 Å². The predicted octanol–water partition coefficient (Wildman–Crippen LogP) is -1.00. The van der Waals surface area contributed by atoms with Crippen LogP contribution in [0.2, 0.25) is 0 Å². The van der Waals surface area contributed by atoms with Gasteiger partial charge in [0.2, 0.25) is 0 Å². The van der Waals surface area contributed by atoms with Gasteiger partial charge in [-0.2, -0.15) is 0 Å². The molecule has 0 unspecified atom stereocenters. The smallest absolute Gasteiger partial charge is 0.284 e. The van der Waals surface area contributed by atoms with Crippen molar-refractivity contribution in [2.75, 3.05) is 13.7 Å². The maximum atomic E-state index is 12.3. The number of amides is 1. The SMILES string of the molecule is CO[C@H](CO)[C@H]1OC(C)(C)O[C@H]1n1ccnc(C(N)=O)c1=O. The molecule has 22 heavy (non-hydrogen) atoms. The van der Waals surface area contributed by atoms with E-state index in [-0.39, 0.29) is 6.61 Å². The lowest BCUT2D eigenvalue weighted by atomic mass is 10.2. The second kappa shape index (κ2) is 6.13. The molecule has 1 saturated heterocycles. The Bertz CT molecular complexity index is 610. The first kappa shape index (κ1) is 16.6. The monoisotopic (exact) mass is 313 g/mol. The van der Waals surface area contributed by atoms with E-state index in [0.717, 1.165) is 4.57 Å². The number of carbonyl (C=O) groups excluding carboxylic acids is 1. The van der Waals surface area contributed by atoms with Gasteiger partial charge in [0.25, 0.3) is 11.5 Å². The molecule has 1 aromatic heterocycles. The molecule has 0 spiro atoms. The molecule has 2 heterocycles. The summed E-state index contributed by atoms with van der Waals surface area (Å²) in [7, 11) is 1.41. The number of rotatable bonds is 5. The topological polar surface area (TPSA) is 126 Å². The number of hydrogen-bond acceptors (Lipinski definition) is 7. The van der Waals surface area contributed by atoms with E-state index < -0.39 is 41.4 Å². The van der Waals surface area contributed by atoms with E-state index in [9.17, 15) is 14.7 Å². The van der Waals surface area contributed by atoms with E-state index >= 15 is 0 Å². The molecule has 1 aliphatic heterocycles. The van der Waals surface area contributed by atoms with Crippen LogP contribution in [0.25, 0.3) is 0 Å². The number of aromatic nitrogens is 2. The summed E-state index contributed by atoms with van der Waals surface area (Å²) in [6, 6.07) is 0. The van der Waals surface area contributed by atoms with Gasteiger partial charge in [-0.15, -0.1) is 0 Å². The van der Waals surface area contributed by atoms with Gasteiger partial charge in [-0.1, -0.05) is 0 Å². The van der Waals surface area contributed by atoms with Gasteiger partial charge in [-0.25, -0.2) is 4.98 Å². The minimum Gasteiger partial charge on any atom is -0.394 e. The first-order chi connectivity index (χ1) is 10.3. The standard InChI is InChI=1S/C13H19N3O6/c1-13(2)21-9(7(6-17)20-3)12(22-13)16-5-4-15-8(10(14)18)11(16)19/h4-5,7,9,12,17H,6H2,1-3H3,(H2,14,18)/t7-,9-,12-/m1/s1. The molecule has 1 fully saturated rings. The van der Waals surface area contributed by atoms with E-state index in [1.165, 1.54) is 19.5 Å². The van der Waals surface area contributed by atoms with Gasteiger partial charge in [-0.3, -0.25) is 14.2 Å². The van der Waals surface area contributed by atoms with Gasteiger partial charge in [0.1, 0.15) is 12.2 Å². The zero-order valence-corrected chi connectivity index (χ0v) is 12.6. The van der Waals surface area contributed by atoms with Gasteiger partial charge >= 0.3 is 0 Å². The van der Waals surface area contributed by atoms with Crippen LogP contribution in [0.4, 0.5) is 0 Å². The Morgan fingerprint density at radius 2 is 2.27 bits per heavy atom. The summed E-state index contributed by atoms with van der Waals surface area (Å²) in [5.41, 5.74) is 4.04. The molecule has 9 nitrogen and oxygen atoms in total. The van der Waals surface area contributed by atoms with E-state index in [0.29, 0.717) is 0 Å². The van der Waals surface area contributed by atoms with Crippen LogP contribution in [-0.2, 0) is 14.2 Å². The minimum absolute atomic E-state index is 0.320. The Hall–Kier alpha value is -1.81. The van der Waals surface area contributed by atoms with Crippen molar-refractivity contribution in [2.45, 2.75) is 38.1 Å². The minimum atomic E-state index is -0.989. The number of ether oxygens (including phenoxy) is 3. The molecule has 1 amide bonds. The number of primary amides is 1. The highest BCUT2D eigenvalue weighted by molar-refractivity contribution is 5.90. The number of aliphatic hydroxyl groups is 1. The van der Waals surface area contributed by atoms with Crippen LogP contribution in [0.3, 0.4) is 0 Å². The maximum absolute atomic E-state index is 12.3. The molecular formula is C13H19N3O6. The molecule has 0 saturated carbocycles. The Morgan fingerprint density at radius 1 is 1.59 bits per heavy atom. The number of methoxy groups -OCH3 is 1. The Labute approximate surface area is 126 Å². The zero-order chi connectivity index (χ0) is 16.5. The van der Waals surface area contributed by atoms with Crippen molar-refractivity contribution in [2.24, 2.45) is 5.73 Å². The van der Waals surface area contributed by atoms with Crippen LogP contribution in [-0.4, -0.2) is 52.3 Å². The lowest BCUT2D eigenvalue weighted by Gasteiger charge is -2.24. The summed E-state index contributed by atoms with van der Waals surface area (Å²) in [4.78, 5) is 27.2. The average molecular weight is 313 g/mol. The summed E-state index contributed by atoms with van der Waals surface area (Å²) < 4.78 is 17.8. The fourth-order valence-electron chi connectivity index (χ4n) is 2.35. The molecular weight excluding hydrogens is 294 g/mol. The number of hydrogen-bond donors (Lipinski definition) is 2. The molecule has 3 atom stereocenters. The van der Waals surface area contributed by atoms with Crippen molar-refractivity contribution in [1.82, 2.24) is 9.55 Å². The molecule has 0 aromatic carbocycles. The van der Waals surface area contributed by atoms with Crippen LogP contribution in [0.5, 0.6) is 0 Å². The maximum Gasteiger partial charge on any atom is 0.284 e. The van der Waals surface area contributed by atoms with Crippen LogP contribution < -0.4 is 11.3 Å². The third-order valence-corrected chi connectivity index (χ3v) is 3.33. The summed E-state index contributed by atoms with van der Waals surface area (Å²) >= 11 is 0. The summed E-state index contributed by atoms with van der Waals surface area (Å²) in [6.45, 7) is 3.02. The number of carbonyl (C=O) groups is 1. The molecule has 2 rings (SSSR count). The zero-order valence-electron chi connectivity index (χ0n) is 12.6. The van der Waals surface area contributed by atoms with Crippen molar-refractivity contribution < 1.29 is 24.1 Å². The lowest BCUT2D eigenvalue weighted by molar-refractivity contribution is -0.163. The van der Waals surface area contributed by atoms with Gasteiger partial charge in [-0.05, 0) is 13.8 Å². The van der Waals surface area contributed by atoms with Gasteiger partial charge in [0.05, 0.1) is 6.61 Å². The Morgan fingerprint density at radius 3 is 2.82 bits per heavy atom. The summed E-state index contributed by atoms with van der Waals surface area (Å²) in [5, 5.41) is 9.40. The van der Waals surface area contributed by atoms with Crippen LogP contribution >= 0.6 is 0 Å². The molecule has 0 bridgehead atoms. The highest BCUT2D eigenvalue weighted by Crippen LogP contribution is 2.36. The van der Waals surface area contributed by atoms with Gasteiger partial charge < -0.3 is 25.1 Å². The van der Waals surface area contributed by atoms with Crippen LogP contribution in [0, 0.1) is 0 Å². The first-order valence-corrected chi connectivity index (χ1v) is 6.67. The second-order valence-electron chi connectivity index (χ2n) is 5.30. The Kier molecular flexibility index (Phi) is 4.61. The van der Waals surface area contributed by atoms with E-state index in [1.807, 2.05) is 0 Å². The Balaban J connectivity index is 2.47. The number of nitrogens with zero attached hydrogens (tertiary/aromatic N) is 2. The summed E-state index contributed by atoms with van der Waals surface area (Å²) in [6.07, 6.45) is 0.297. The predicted molar refractivity (Wildman–Crippen MR) is 74.0 cm³/mol. The van der Waals surface area contributed by atoms with Crippen LogP contribution in [0.15, 0.2) is 17.2 Å². The molecule has 0 aliphatic carbocycles. The van der Waals surface area contributed by atoms with Crippen molar-refractivity contribution in [3.8, 4) is 0 Å². The molecule has 1 aromatic rings. The summed E-state index contributed by atoms with van der Waals surface area (Å²) in [5.74, 6) is -1.92. The van der Waals surface area contributed by atoms with Crippen molar-refractivity contribution in [1.29, 1.82) is 0 Å². The number of nitrogens with two attached hydrogens (primary N) is 1. The van der Waals surface area contributed by atoms with E-state index in [1.54, 1.807) is 13.8 Å². The molecule has 0 radical (unpaired) electrons. The fourth-order valence-corrected chi connectivity index (χ4v) is 2.35. The first-order valence-electron chi connectivity index (χ1n) is 6.67. The van der Waals surface area contributed by atoms with E-state index in [2.05, 4.69) is 4.98 Å². The molecule has 1 aliphatic rings. The number of aliphatic hydroxyl groups excluding tert-OH is 1. The highest BCUT2D eigenvalue weighted by Gasteiger charge is 2.46. The second-order valence-corrected chi connectivity index (χ2v) is 5.30. The van der Waals surface area contributed by atoms with Crippen molar-refractivity contribution in [3.05, 3.63) is 28.4 Å². The largest absolute Gasteiger partial charge is 0.394 e. The average Bonchev–Trinajstić information content (AvgIpc) is 2.76. The van der Waals surface area contributed by atoms with E-state index in [4.69, 9.17) is 19.9 Å². The van der Waals surface area contributed by atoms with Gasteiger partial charge in [0, 0.05) is 19.5 Å². The third-order valence-electron chi connectivity index (χ3n) is 3.33. The molecule has 122 valence electrons. The normalized spacial score (nSPS) is 25.1. The highest BCUT2D eigenvalue weighted by atomic mass is 16.8.